The van der Waals surface area contributed by atoms with Crippen LogP contribution in [0.15, 0.2) is 65.8 Å². The molecule has 2 amide bonds. The summed E-state index contributed by atoms with van der Waals surface area (Å²) < 4.78 is 55.6. The molecule has 0 unspecified atom stereocenters. The number of aromatic nitrogens is 1. The number of hydrogen-bond donors (Lipinski definition) is 3. The van der Waals surface area contributed by atoms with E-state index in [2.05, 4.69) is 15.6 Å². The van der Waals surface area contributed by atoms with Gasteiger partial charge in [-0.1, -0.05) is 54.2 Å². The molecular weight excluding hydrogens is 717 g/mol. The largest absolute Gasteiger partial charge is 0.480 e. The number of nitrogens with one attached hydrogen (secondary N) is 2. The molecule has 1 aromatic heterocycles. The Morgan fingerprint density at radius 2 is 1.65 bits per heavy atom. The van der Waals surface area contributed by atoms with Crippen molar-refractivity contribution in [1.82, 2.24) is 14.6 Å². The highest BCUT2D eigenvalue weighted by Crippen LogP contribution is 2.35. The molecule has 1 aliphatic carbocycles. The summed E-state index contributed by atoms with van der Waals surface area (Å²) in [4.78, 5) is 42.2. The number of benzene rings is 2. The molecular formula is C32H31Cl2N5O8S2. The van der Waals surface area contributed by atoms with Gasteiger partial charge in [-0.3, -0.25) is 14.6 Å². The Kier molecular flexibility index (Phi) is 10.9. The first-order chi connectivity index (χ1) is 23.2. The Bertz CT molecular complexity index is 2010. The lowest BCUT2D eigenvalue weighted by Gasteiger charge is -2.25. The summed E-state index contributed by atoms with van der Waals surface area (Å²) in [5.74, 6) is -2.96. The average Bonchev–Trinajstić information content (AvgIpc) is 3.78. The molecule has 1 saturated carbocycles. The van der Waals surface area contributed by atoms with Gasteiger partial charge in [0.2, 0.25) is 15.9 Å². The third-order valence-corrected chi connectivity index (χ3v) is 13.8. The molecule has 0 radical (unpaired) electrons. The number of amides is 2. The fraction of sp³-hybridized carbons (Fsp3) is 0.344. The van der Waals surface area contributed by atoms with Crippen LogP contribution in [0.25, 0.3) is 0 Å². The number of nitrogens with zero attached hydrogens (tertiary/aromatic N) is 3. The Hall–Kier alpha value is -4.07. The second kappa shape index (κ2) is 14.8. The van der Waals surface area contributed by atoms with Gasteiger partial charge in [-0.15, -0.1) is 0 Å². The molecule has 2 aliphatic rings. The zero-order valence-corrected chi connectivity index (χ0v) is 28.9. The highest BCUT2D eigenvalue weighted by Gasteiger charge is 2.50. The van der Waals surface area contributed by atoms with Gasteiger partial charge >= 0.3 is 5.97 Å². The van der Waals surface area contributed by atoms with Gasteiger partial charge < -0.3 is 15.7 Å². The first-order valence-electron chi connectivity index (χ1n) is 15.2. The van der Waals surface area contributed by atoms with E-state index in [-0.39, 0.29) is 38.9 Å². The number of rotatable bonds is 11. The van der Waals surface area contributed by atoms with Crippen molar-refractivity contribution in [3.05, 3.63) is 87.7 Å². The number of sulfone groups is 1. The molecule has 49 heavy (non-hydrogen) atoms. The van der Waals surface area contributed by atoms with E-state index in [1.54, 1.807) is 0 Å². The SMILES string of the molecule is N#Cc1cccc(S(=O)(=O)N2C[C@@H](S(=O)(=O)C3CCCC3)C[C@H]2C(=O)N[C@@H](Cc2ccc(NC(=O)c3c(Cl)cncc3Cl)cc2)C(=O)O)c1. The standard InChI is InChI=1S/C32H31Cl2N5O8S2/c33-25-16-36-17-26(34)29(25)31(41)37-21-10-8-19(9-11-21)13-27(32(42)43)38-30(40)28-14-24(48(44,45)22-5-1-2-6-22)18-39(28)49(46,47)23-7-3-4-20(12-23)15-35/h3-4,7-12,16-17,22,24,27-28H,1-2,5-6,13-14,18H2,(H,37,41)(H,38,40)(H,42,43)/t24-,27-,28-/m0/s1. The third kappa shape index (κ3) is 7.89. The molecule has 13 nitrogen and oxygen atoms in total. The predicted octanol–water partition coefficient (Wildman–Crippen LogP) is 3.81. The maximum absolute atomic E-state index is 13.8. The Morgan fingerprint density at radius 1 is 1.00 bits per heavy atom. The van der Waals surface area contributed by atoms with Gasteiger partial charge in [0.05, 0.1) is 42.6 Å². The quantitative estimate of drug-likeness (QED) is 0.259. The van der Waals surface area contributed by atoms with Crippen LogP contribution >= 0.6 is 23.2 Å². The normalized spacial score (nSPS) is 19.2. The number of carbonyl (C=O) groups is 3. The third-order valence-electron chi connectivity index (χ3n) is 8.67. The molecule has 2 fully saturated rings. The van der Waals surface area contributed by atoms with Crippen LogP contribution in [0.1, 0.15) is 53.6 Å². The Labute approximate surface area is 293 Å². The van der Waals surface area contributed by atoms with Gasteiger partial charge in [0, 0.05) is 31.0 Å². The maximum atomic E-state index is 13.8. The van der Waals surface area contributed by atoms with E-state index in [1.165, 1.54) is 54.9 Å². The Morgan fingerprint density at radius 3 is 2.27 bits per heavy atom. The van der Waals surface area contributed by atoms with E-state index in [4.69, 9.17) is 23.2 Å². The number of nitriles is 1. The van der Waals surface area contributed by atoms with E-state index >= 15 is 0 Å². The van der Waals surface area contributed by atoms with Crippen molar-refractivity contribution in [2.24, 2.45) is 0 Å². The number of sulfonamides is 1. The number of anilines is 1. The topological polar surface area (TPSA) is 204 Å². The molecule has 3 aromatic rings. The van der Waals surface area contributed by atoms with Crippen LogP contribution in [0.4, 0.5) is 5.69 Å². The summed E-state index contributed by atoms with van der Waals surface area (Å²) in [6.07, 6.45) is 4.32. The van der Waals surface area contributed by atoms with Crippen LogP contribution in [-0.4, -0.2) is 78.1 Å². The molecule has 0 bridgehead atoms. The molecule has 17 heteroatoms. The first kappa shape index (κ1) is 36.2. The van der Waals surface area contributed by atoms with Gasteiger partial charge in [-0.2, -0.15) is 9.57 Å². The van der Waals surface area contributed by atoms with Gasteiger partial charge in [0.25, 0.3) is 5.91 Å². The number of pyridine rings is 1. The van der Waals surface area contributed by atoms with E-state index in [0.29, 0.717) is 24.1 Å². The van der Waals surface area contributed by atoms with Crippen LogP contribution in [0.2, 0.25) is 10.0 Å². The number of carboxylic acid groups (broad SMARTS) is 1. The van der Waals surface area contributed by atoms with Crippen LogP contribution in [0, 0.1) is 11.3 Å². The van der Waals surface area contributed by atoms with Crippen LogP contribution in [0.5, 0.6) is 0 Å². The lowest BCUT2D eigenvalue weighted by molar-refractivity contribution is -0.142. The minimum atomic E-state index is -4.48. The lowest BCUT2D eigenvalue weighted by atomic mass is 10.0. The molecule has 2 aromatic carbocycles. The number of hydrogen-bond acceptors (Lipinski definition) is 9. The van der Waals surface area contributed by atoms with Crippen molar-refractivity contribution >= 4 is 66.5 Å². The summed E-state index contributed by atoms with van der Waals surface area (Å²) in [6, 6.07) is 10.1. The monoisotopic (exact) mass is 747 g/mol. The second-order valence-electron chi connectivity index (χ2n) is 11.8. The van der Waals surface area contributed by atoms with Crippen LogP contribution in [-0.2, 0) is 35.9 Å². The summed E-state index contributed by atoms with van der Waals surface area (Å²) in [6.45, 7) is -0.489. The fourth-order valence-electron chi connectivity index (χ4n) is 6.11. The summed E-state index contributed by atoms with van der Waals surface area (Å²) in [5.41, 5.74) is 0.875. The number of carboxylic acids is 1. The average molecular weight is 749 g/mol. The van der Waals surface area contributed by atoms with Crippen molar-refractivity contribution in [3.8, 4) is 6.07 Å². The molecule has 1 aliphatic heterocycles. The Balaban J connectivity index is 1.35. The second-order valence-corrected chi connectivity index (χ2v) is 17.0. The highest BCUT2D eigenvalue weighted by molar-refractivity contribution is 7.93. The predicted molar refractivity (Wildman–Crippen MR) is 180 cm³/mol. The van der Waals surface area contributed by atoms with Crippen molar-refractivity contribution < 1.29 is 36.3 Å². The van der Waals surface area contributed by atoms with E-state index < -0.39 is 66.8 Å². The maximum Gasteiger partial charge on any atom is 0.326 e. The van der Waals surface area contributed by atoms with Gasteiger partial charge in [-0.25, -0.2) is 21.6 Å². The lowest BCUT2D eigenvalue weighted by Crippen LogP contribution is -2.51. The zero-order valence-electron chi connectivity index (χ0n) is 25.8. The highest BCUT2D eigenvalue weighted by atomic mass is 35.5. The zero-order chi connectivity index (χ0) is 35.5. The molecule has 1 saturated heterocycles. The summed E-state index contributed by atoms with van der Waals surface area (Å²) >= 11 is 12.1. The molecule has 5 rings (SSSR count). The molecule has 2 heterocycles. The molecule has 3 atom stereocenters. The van der Waals surface area contributed by atoms with E-state index in [9.17, 15) is 41.6 Å². The summed E-state index contributed by atoms with van der Waals surface area (Å²) in [5, 5.41) is 22.6. The minimum absolute atomic E-state index is 0.0232. The fourth-order valence-corrected chi connectivity index (χ4v) is 10.8. The van der Waals surface area contributed by atoms with Gasteiger partial charge in [0.1, 0.15) is 12.1 Å². The number of carbonyl (C=O) groups excluding carboxylic acids is 2. The summed E-state index contributed by atoms with van der Waals surface area (Å²) in [7, 11) is -8.31. The van der Waals surface area contributed by atoms with E-state index in [0.717, 1.165) is 23.2 Å². The van der Waals surface area contributed by atoms with Crippen molar-refractivity contribution in [2.45, 2.75) is 66.0 Å². The minimum Gasteiger partial charge on any atom is -0.480 e. The van der Waals surface area contributed by atoms with Gasteiger partial charge in [-0.05, 0) is 55.2 Å². The molecule has 0 spiro atoms. The van der Waals surface area contributed by atoms with Gasteiger partial charge in [0.15, 0.2) is 9.84 Å². The molecule has 258 valence electrons. The van der Waals surface area contributed by atoms with Crippen molar-refractivity contribution in [1.29, 1.82) is 5.26 Å². The van der Waals surface area contributed by atoms with Crippen LogP contribution in [0.3, 0.4) is 0 Å². The van der Waals surface area contributed by atoms with Crippen molar-refractivity contribution in [3.63, 3.8) is 0 Å². The number of aliphatic carboxylic acids is 1. The molecule has 3 N–H and O–H groups in total. The first-order valence-corrected chi connectivity index (χ1v) is 19.0. The smallest absolute Gasteiger partial charge is 0.326 e. The number of halogens is 2. The van der Waals surface area contributed by atoms with E-state index in [1.807, 2.05) is 6.07 Å². The van der Waals surface area contributed by atoms with Crippen LogP contribution < -0.4 is 10.6 Å². The van der Waals surface area contributed by atoms with Crippen molar-refractivity contribution in [2.75, 3.05) is 11.9 Å².